The summed E-state index contributed by atoms with van der Waals surface area (Å²) in [5.41, 5.74) is 0.579. The van der Waals surface area contributed by atoms with Crippen LogP contribution in [0.4, 0.5) is 5.69 Å². The zero-order chi connectivity index (χ0) is 14.4. The molecule has 0 heterocycles. The highest BCUT2D eigenvalue weighted by Gasteiger charge is 2.21. The van der Waals surface area contributed by atoms with Gasteiger partial charge in [0.15, 0.2) is 0 Å². The van der Waals surface area contributed by atoms with Gasteiger partial charge in [0.25, 0.3) is 0 Å². The van der Waals surface area contributed by atoms with Crippen LogP contribution in [0.1, 0.15) is 13.8 Å². The predicted octanol–water partition coefficient (Wildman–Crippen LogP) is 1.98. The highest BCUT2D eigenvalue weighted by Crippen LogP contribution is 2.14. The molecule has 104 valence electrons. The van der Waals surface area contributed by atoms with Crippen molar-refractivity contribution in [2.45, 2.75) is 19.9 Å². The fraction of sp³-hybridized carbons (Fsp3) is 0.385. The molecule has 3 N–H and O–H groups in total. The molecule has 0 aliphatic rings. The zero-order valence-electron chi connectivity index (χ0n) is 10.8. The smallest absolute Gasteiger partial charge is 0.320 e. The number of anilines is 1. The number of rotatable bonds is 6. The average molecular weight is 285 g/mol. The molecule has 0 aliphatic carbocycles. The van der Waals surface area contributed by atoms with Gasteiger partial charge >= 0.3 is 5.97 Å². The summed E-state index contributed by atoms with van der Waals surface area (Å²) in [6.45, 7) is 3.49. The second kappa shape index (κ2) is 7.11. The zero-order valence-corrected chi connectivity index (χ0v) is 11.6. The van der Waals surface area contributed by atoms with Gasteiger partial charge in [0, 0.05) is 10.7 Å². The third-order valence-electron chi connectivity index (χ3n) is 2.52. The first-order valence-corrected chi connectivity index (χ1v) is 6.29. The van der Waals surface area contributed by atoms with Crippen molar-refractivity contribution in [3.05, 3.63) is 29.3 Å². The van der Waals surface area contributed by atoms with Gasteiger partial charge in [-0.15, -0.1) is 0 Å². The molecule has 0 radical (unpaired) electrons. The molecular formula is C13H17ClN2O3. The molecule has 19 heavy (non-hydrogen) atoms. The van der Waals surface area contributed by atoms with E-state index in [9.17, 15) is 9.59 Å². The highest BCUT2D eigenvalue weighted by molar-refractivity contribution is 6.30. The molecule has 5 nitrogen and oxygen atoms in total. The minimum Gasteiger partial charge on any atom is -0.480 e. The number of hydrogen-bond donors (Lipinski definition) is 3. The van der Waals surface area contributed by atoms with Gasteiger partial charge in [-0.05, 0) is 24.1 Å². The van der Waals surface area contributed by atoms with Crippen molar-refractivity contribution in [1.29, 1.82) is 0 Å². The Hall–Kier alpha value is -1.59. The molecule has 1 aromatic carbocycles. The number of benzene rings is 1. The average Bonchev–Trinajstić information content (AvgIpc) is 2.27. The van der Waals surface area contributed by atoms with Gasteiger partial charge in [0.1, 0.15) is 6.04 Å². The van der Waals surface area contributed by atoms with Crippen molar-refractivity contribution in [2.75, 3.05) is 11.9 Å². The van der Waals surface area contributed by atoms with E-state index in [1.807, 2.05) is 0 Å². The van der Waals surface area contributed by atoms with Crippen molar-refractivity contribution < 1.29 is 14.7 Å². The molecule has 0 saturated carbocycles. The second-order valence-electron chi connectivity index (χ2n) is 4.50. The van der Waals surface area contributed by atoms with Gasteiger partial charge in [-0.1, -0.05) is 31.5 Å². The summed E-state index contributed by atoms with van der Waals surface area (Å²) in [5.74, 6) is -1.38. The molecule has 1 aromatic rings. The van der Waals surface area contributed by atoms with E-state index in [2.05, 4.69) is 10.6 Å². The van der Waals surface area contributed by atoms with Crippen LogP contribution in [-0.2, 0) is 9.59 Å². The summed E-state index contributed by atoms with van der Waals surface area (Å²) >= 11 is 5.79. The Morgan fingerprint density at radius 1 is 1.37 bits per heavy atom. The molecule has 1 atom stereocenters. The van der Waals surface area contributed by atoms with E-state index < -0.39 is 12.0 Å². The van der Waals surface area contributed by atoms with Crippen LogP contribution in [0, 0.1) is 5.92 Å². The first-order chi connectivity index (χ1) is 8.90. The molecule has 1 rings (SSSR count). The van der Waals surface area contributed by atoms with E-state index in [-0.39, 0.29) is 18.4 Å². The predicted molar refractivity (Wildman–Crippen MR) is 74.3 cm³/mol. The monoisotopic (exact) mass is 284 g/mol. The Morgan fingerprint density at radius 2 is 2.05 bits per heavy atom. The maximum atomic E-state index is 11.7. The fourth-order valence-corrected chi connectivity index (χ4v) is 1.77. The van der Waals surface area contributed by atoms with Gasteiger partial charge in [0.2, 0.25) is 5.91 Å². The maximum absolute atomic E-state index is 11.7. The molecule has 0 saturated heterocycles. The van der Waals surface area contributed by atoms with E-state index >= 15 is 0 Å². The molecular weight excluding hydrogens is 268 g/mol. The number of halogens is 1. The third-order valence-corrected chi connectivity index (χ3v) is 2.76. The summed E-state index contributed by atoms with van der Waals surface area (Å²) in [6, 6.07) is 6.01. The number of carbonyl (C=O) groups is 2. The maximum Gasteiger partial charge on any atom is 0.320 e. The van der Waals surface area contributed by atoms with Gasteiger partial charge in [-0.25, -0.2) is 0 Å². The van der Waals surface area contributed by atoms with Crippen LogP contribution in [-0.4, -0.2) is 29.6 Å². The lowest BCUT2D eigenvalue weighted by Crippen LogP contribution is -2.44. The molecule has 1 amide bonds. The number of aliphatic carboxylic acids is 1. The van der Waals surface area contributed by atoms with E-state index in [0.29, 0.717) is 10.7 Å². The Kier molecular flexibility index (Phi) is 5.79. The van der Waals surface area contributed by atoms with Crippen LogP contribution < -0.4 is 10.6 Å². The van der Waals surface area contributed by atoms with E-state index in [1.165, 1.54) is 0 Å². The Morgan fingerprint density at radius 3 is 2.58 bits per heavy atom. The lowest BCUT2D eigenvalue weighted by Gasteiger charge is -2.17. The summed E-state index contributed by atoms with van der Waals surface area (Å²) in [7, 11) is 0. The number of carbonyl (C=O) groups excluding carboxylic acids is 1. The summed E-state index contributed by atoms with van der Waals surface area (Å²) in [5, 5.41) is 14.8. The molecule has 1 unspecified atom stereocenters. The Bertz CT molecular complexity index is 463. The van der Waals surface area contributed by atoms with Crippen molar-refractivity contribution in [2.24, 2.45) is 5.92 Å². The van der Waals surface area contributed by atoms with Gasteiger partial charge in [-0.2, -0.15) is 0 Å². The lowest BCUT2D eigenvalue weighted by molar-refractivity contribution is -0.140. The molecule has 6 heteroatoms. The minimum atomic E-state index is -0.967. The van der Waals surface area contributed by atoms with Crippen LogP contribution in [0.3, 0.4) is 0 Å². The number of carboxylic acids is 1. The van der Waals surface area contributed by atoms with Crippen molar-refractivity contribution >= 4 is 29.2 Å². The Balaban J connectivity index is 2.50. The van der Waals surface area contributed by atoms with E-state index in [0.717, 1.165) is 0 Å². The number of amides is 1. The van der Waals surface area contributed by atoms with Crippen LogP contribution in [0.5, 0.6) is 0 Å². The number of hydrogen-bond acceptors (Lipinski definition) is 3. The second-order valence-corrected chi connectivity index (χ2v) is 4.94. The van der Waals surface area contributed by atoms with Crippen molar-refractivity contribution in [3.8, 4) is 0 Å². The number of nitrogens with one attached hydrogen (secondary N) is 2. The fourth-order valence-electron chi connectivity index (χ4n) is 1.58. The largest absolute Gasteiger partial charge is 0.480 e. The van der Waals surface area contributed by atoms with Crippen molar-refractivity contribution in [1.82, 2.24) is 5.32 Å². The lowest BCUT2D eigenvalue weighted by atomic mass is 10.1. The van der Waals surface area contributed by atoms with Gasteiger partial charge in [-0.3, -0.25) is 14.9 Å². The topological polar surface area (TPSA) is 78.4 Å². The molecule has 0 fully saturated rings. The van der Waals surface area contributed by atoms with Crippen LogP contribution in [0.25, 0.3) is 0 Å². The first kappa shape index (κ1) is 15.5. The van der Waals surface area contributed by atoms with Crippen LogP contribution >= 0.6 is 11.6 Å². The van der Waals surface area contributed by atoms with E-state index in [4.69, 9.17) is 16.7 Å². The van der Waals surface area contributed by atoms with Crippen LogP contribution in [0.2, 0.25) is 5.02 Å². The minimum absolute atomic E-state index is 0.0678. The summed E-state index contributed by atoms with van der Waals surface area (Å²) in [4.78, 5) is 22.6. The quantitative estimate of drug-likeness (QED) is 0.746. The molecule has 0 aliphatic heterocycles. The molecule has 0 spiro atoms. The SMILES string of the molecule is CC(C)C(NCC(=O)Nc1cccc(Cl)c1)C(=O)O. The Labute approximate surface area is 117 Å². The summed E-state index contributed by atoms with van der Waals surface area (Å²) < 4.78 is 0. The molecule has 0 bridgehead atoms. The molecule has 0 aromatic heterocycles. The third kappa shape index (κ3) is 5.28. The summed E-state index contributed by atoms with van der Waals surface area (Å²) in [6.07, 6.45) is 0. The van der Waals surface area contributed by atoms with Gasteiger partial charge in [0.05, 0.1) is 6.54 Å². The van der Waals surface area contributed by atoms with Gasteiger partial charge < -0.3 is 10.4 Å². The van der Waals surface area contributed by atoms with Crippen molar-refractivity contribution in [3.63, 3.8) is 0 Å². The highest BCUT2D eigenvalue weighted by atomic mass is 35.5. The first-order valence-electron chi connectivity index (χ1n) is 5.91. The normalized spacial score (nSPS) is 12.2. The number of carboxylic acid groups (broad SMARTS) is 1. The van der Waals surface area contributed by atoms with Crippen LogP contribution in [0.15, 0.2) is 24.3 Å². The van der Waals surface area contributed by atoms with E-state index in [1.54, 1.807) is 38.1 Å². The standard InChI is InChI=1S/C13H17ClN2O3/c1-8(2)12(13(18)19)15-7-11(17)16-10-5-3-4-9(14)6-10/h3-6,8,12,15H,7H2,1-2H3,(H,16,17)(H,18,19).